The quantitative estimate of drug-likeness (QED) is 0.589. The largest absolute Gasteiger partial charge is 0.383 e. The molecule has 0 amide bonds. The Bertz CT molecular complexity index is 357. The van der Waals surface area contributed by atoms with Gasteiger partial charge in [-0.1, -0.05) is 23.9 Å². The predicted octanol–water partition coefficient (Wildman–Crippen LogP) is 1.84. The van der Waals surface area contributed by atoms with Crippen molar-refractivity contribution in [1.82, 2.24) is 9.97 Å². The van der Waals surface area contributed by atoms with Crippen LogP contribution in [0.1, 0.15) is 19.3 Å². The van der Waals surface area contributed by atoms with Gasteiger partial charge in [-0.15, -0.1) is 0 Å². The Balaban J connectivity index is 2.09. The number of aromatic nitrogens is 2. The van der Waals surface area contributed by atoms with E-state index in [4.69, 9.17) is 11.5 Å². The third-order valence-electron chi connectivity index (χ3n) is 2.21. The van der Waals surface area contributed by atoms with Gasteiger partial charge in [0.15, 0.2) is 5.16 Å². The summed E-state index contributed by atoms with van der Waals surface area (Å²) in [7, 11) is 0. The van der Waals surface area contributed by atoms with E-state index in [-0.39, 0.29) is 0 Å². The number of anilines is 2. The van der Waals surface area contributed by atoms with E-state index in [1.54, 1.807) is 17.8 Å². The van der Waals surface area contributed by atoms with Crippen LogP contribution in [0.3, 0.4) is 0 Å². The summed E-state index contributed by atoms with van der Waals surface area (Å²) in [5, 5.41) is 1.13. The van der Waals surface area contributed by atoms with Crippen LogP contribution in [0, 0.1) is 0 Å². The van der Waals surface area contributed by atoms with Gasteiger partial charge in [0.1, 0.15) is 11.6 Å². The van der Waals surface area contributed by atoms with Gasteiger partial charge in [0, 0.05) is 11.3 Å². The maximum Gasteiger partial charge on any atom is 0.192 e. The lowest BCUT2D eigenvalue weighted by Crippen LogP contribution is -2.05. The molecule has 15 heavy (non-hydrogen) atoms. The van der Waals surface area contributed by atoms with Crippen molar-refractivity contribution in [1.29, 1.82) is 0 Å². The highest BCUT2D eigenvalue weighted by Crippen LogP contribution is 2.28. The molecule has 0 bridgehead atoms. The summed E-state index contributed by atoms with van der Waals surface area (Å²) in [4.78, 5) is 8.29. The lowest BCUT2D eigenvalue weighted by atomic mass is 10.1. The zero-order valence-corrected chi connectivity index (χ0v) is 9.20. The molecule has 80 valence electrons. The SMILES string of the molecule is Nc1cc(N)nc(SC2C=CCCC2)n1. The lowest BCUT2D eigenvalue weighted by Gasteiger charge is -2.14. The smallest absolute Gasteiger partial charge is 0.192 e. The molecular formula is C10H14N4S. The van der Waals surface area contributed by atoms with Gasteiger partial charge in [0.2, 0.25) is 0 Å². The van der Waals surface area contributed by atoms with Crippen molar-refractivity contribution in [3.05, 3.63) is 18.2 Å². The second-order valence-corrected chi connectivity index (χ2v) is 4.72. The van der Waals surface area contributed by atoms with Gasteiger partial charge in [0.25, 0.3) is 0 Å². The Hall–Kier alpha value is -1.23. The van der Waals surface area contributed by atoms with E-state index >= 15 is 0 Å². The summed E-state index contributed by atoms with van der Waals surface area (Å²) in [5.41, 5.74) is 11.2. The number of nitrogens with zero attached hydrogens (tertiary/aromatic N) is 2. The van der Waals surface area contributed by atoms with Crippen LogP contribution in [0.2, 0.25) is 0 Å². The molecule has 1 aliphatic carbocycles. The van der Waals surface area contributed by atoms with Crippen molar-refractivity contribution < 1.29 is 0 Å². The summed E-state index contributed by atoms with van der Waals surface area (Å²) in [6, 6.07) is 1.57. The molecule has 4 nitrogen and oxygen atoms in total. The molecule has 0 saturated carbocycles. The van der Waals surface area contributed by atoms with E-state index in [1.807, 2.05) is 0 Å². The molecule has 4 N–H and O–H groups in total. The molecule has 1 aromatic heterocycles. The standard InChI is InChI=1S/C10H14N4S/c11-8-6-9(12)14-10(13-8)15-7-4-2-1-3-5-7/h2,4,6-7H,1,3,5H2,(H4,11,12,13,14). The fourth-order valence-corrected chi connectivity index (χ4v) is 2.59. The number of nitrogen functional groups attached to an aromatic ring is 2. The molecule has 1 atom stereocenters. The van der Waals surface area contributed by atoms with Crippen LogP contribution >= 0.6 is 11.8 Å². The molecule has 0 fully saturated rings. The maximum atomic E-state index is 5.60. The Morgan fingerprint density at radius 1 is 1.27 bits per heavy atom. The van der Waals surface area contributed by atoms with Crippen LogP contribution < -0.4 is 11.5 Å². The van der Waals surface area contributed by atoms with Gasteiger partial charge in [0.05, 0.1) is 0 Å². The summed E-state index contributed by atoms with van der Waals surface area (Å²) in [6.07, 6.45) is 7.98. The molecule has 0 saturated heterocycles. The number of thioether (sulfide) groups is 1. The molecule has 1 unspecified atom stereocenters. The van der Waals surface area contributed by atoms with Crippen molar-refractivity contribution in [2.45, 2.75) is 29.7 Å². The van der Waals surface area contributed by atoms with Gasteiger partial charge in [-0.25, -0.2) is 9.97 Å². The molecule has 0 aromatic carbocycles. The van der Waals surface area contributed by atoms with E-state index in [9.17, 15) is 0 Å². The highest BCUT2D eigenvalue weighted by Gasteiger charge is 2.12. The first-order valence-electron chi connectivity index (χ1n) is 4.97. The van der Waals surface area contributed by atoms with E-state index in [2.05, 4.69) is 22.1 Å². The number of nitrogens with two attached hydrogens (primary N) is 2. The first kappa shape index (κ1) is 10.3. The monoisotopic (exact) mass is 222 g/mol. The Morgan fingerprint density at radius 2 is 2.00 bits per heavy atom. The molecule has 0 aliphatic heterocycles. The van der Waals surface area contributed by atoms with Crippen LogP contribution in [-0.4, -0.2) is 15.2 Å². The first-order chi connectivity index (χ1) is 7.24. The minimum Gasteiger partial charge on any atom is -0.383 e. The van der Waals surface area contributed by atoms with Crippen LogP contribution in [0.5, 0.6) is 0 Å². The topological polar surface area (TPSA) is 77.8 Å². The van der Waals surface area contributed by atoms with Crippen molar-refractivity contribution >= 4 is 23.4 Å². The predicted molar refractivity (Wildman–Crippen MR) is 63.5 cm³/mol. The second kappa shape index (κ2) is 4.53. The molecule has 0 spiro atoms. The Kier molecular flexibility index (Phi) is 3.11. The number of allylic oxidation sites excluding steroid dienone is 1. The van der Waals surface area contributed by atoms with Crippen molar-refractivity contribution in [3.8, 4) is 0 Å². The lowest BCUT2D eigenvalue weighted by molar-refractivity contribution is 0.738. The fourth-order valence-electron chi connectivity index (χ4n) is 1.53. The van der Waals surface area contributed by atoms with Crippen molar-refractivity contribution in [2.75, 3.05) is 11.5 Å². The van der Waals surface area contributed by atoms with Gasteiger partial charge in [-0.2, -0.15) is 0 Å². The average Bonchev–Trinajstić information content (AvgIpc) is 2.17. The van der Waals surface area contributed by atoms with E-state index < -0.39 is 0 Å². The summed E-state index contributed by atoms with van der Waals surface area (Å²) < 4.78 is 0. The summed E-state index contributed by atoms with van der Waals surface area (Å²) in [5.74, 6) is 0.870. The van der Waals surface area contributed by atoms with Crippen molar-refractivity contribution in [3.63, 3.8) is 0 Å². The minimum atomic E-state index is 0.435. The van der Waals surface area contributed by atoms with Gasteiger partial charge in [-0.05, 0) is 19.3 Å². The summed E-state index contributed by atoms with van der Waals surface area (Å²) >= 11 is 1.62. The summed E-state index contributed by atoms with van der Waals surface area (Å²) in [6.45, 7) is 0. The molecule has 1 aliphatic rings. The Morgan fingerprint density at radius 3 is 2.60 bits per heavy atom. The molecule has 2 rings (SSSR count). The number of hydrogen-bond donors (Lipinski definition) is 2. The first-order valence-corrected chi connectivity index (χ1v) is 5.85. The third kappa shape index (κ3) is 2.86. The van der Waals surface area contributed by atoms with Crippen LogP contribution in [0.25, 0.3) is 0 Å². The van der Waals surface area contributed by atoms with E-state index in [1.165, 1.54) is 19.3 Å². The van der Waals surface area contributed by atoms with E-state index in [0.717, 1.165) is 0 Å². The minimum absolute atomic E-state index is 0.435. The van der Waals surface area contributed by atoms with Crippen LogP contribution in [0.4, 0.5) is 11.6 Å². The average molecular weight is 222 g/mol. The number of hydrogen-bond acceptors (Lipinski definition) is 5. The van der Waals surface area contributed by atoms with E-state index in [0.29, 0.717) is 22.0 Å². The molecule has 5 heteroatoms. The maximum absolute atomic E-state index is 5.60. The molecule has 1 aromatic rings. The van der Waals surface area contributed by atoms with Gasteiger partial charge in [-0.3, -0.25) is 0 Å². The molecular weight excluding hydrogens is 208 g/mol. The number of rotatable bonds is 2. The van der Waals surface area contributed by atoms with Crippen LogP contribution in [0.15, 0.2) is 23.4 Å². The van der Waals surface area contributed by atoms with Crippen LogP contribution in [-0.2, 0) is 0 Å². The third-order valence-corrected chi connectivity index (χ3v) is 3.30. The normalized spacial score (nSPS) is 20.4. The molecule has 1 heterocycles. The second-order valence-electron chi connectivity index (χ2n) is 3.52. The fraction of sp³-hybridized carbons (Fsp3) is 0.400. The highest BCUT2D eigenvalue weighted by molar-refractivity contribution is 7.99. The zero-order valence-electron chi connectivity index (χ0n) is 8.39. The van der Waals surface area contributed by atoms with Gasteiger partial charge >= 0.3 is 0 Å². The Labute approximate surface area is 93.2 Å². The van der Waals surface area contributed by atoms with Crippen molar-refractivity contribution in [2.24, 2.45) is 0 Å². The highest BCUT2D eigenvalue weighted by atomic mass is 32.2. The molecule has 0 radical (unpaired) electrons. The van der Waals surface area contributed by atoms with Gasteiger partial charge < -0.3 is 11.5 Å². The zero-order chi connectivity index (χ0) is 10.7.